The first-order valence-corrected chi connectivity index (χ1v) is 6.93. The Bertz CT molecular complexity index is 826. The summed E-state index contributed by atoms with van der Waals surface area (Å²) in [5, 5.41) is 8.79. The lowest BCUT2D eigenvalue weighted by atomic mass is 10.2. The van der Waals surface area contributed by atoms with Crippen LogP contribution in [0.15, 0.2) is 53.3 Å². The van der Waals surface area contributed by atoms with Crippen molar-refractivity contribution in [2.75, 3.05) is 0 Å². The van der Waals surface area contributed by atoms with E-state index in [-0.39, 0.29) is 12.2 Å². The number of halogens is 2. The molecule has 0 saturated heterocycles. The molecular weight excluding hydrogens is 311 g/mol. The minimum Gasteiger partial charge on any atom is -0.244 e. The summed E-state index contributed by atoms with van der Waals surface area (Å²) in [5.74, 6) is 0. The van der Waals surface area contributed by atoms with Gasteiger partial charge in [-0.3, -0.25) is 0 Å². The van der Waals surface area contributed by atoms with Gasteiger partial charge in [0.1, 0.15) is 0 Å². The molecule has 1 aromatic heterocycles. The minimum absolute atomic E-state index is 0.238. The molecule has 2 aromatic carbocycles. The second kappa shape index (κ2) is 5.71. The number of tetrazole rings is 1. The van der Waals surface area contributed by atoms with Crippen LogP contribution in [0.1, 0.15) is 5.56 Å². The molecule has 106 valence electrons. The van der Waals surface area contributed by atoms with E-state index in [9.17, 15) is 4.79 Å². The maximum Gasteiger partial charge on any atom is 0.368 e. The van der Waals surface area contributed by atoms with Crippen LogP contribution in [-0.4, -0.2) is 19.8 Å². The summed E-state index contributed by atoms with van der Waals surface area (Å²) in [5.41, 5.74) is 1.09. The molecule has 21 heavy (non-hydrogen) atoms. The lowest BCUT2D eigenvalue weighted by Crippen LogP contribution is -2.24. The minimum atomic E-state index is -0.327. The Kier molecular flexibility index (Phi) is 3.77. The van der Waals surface area contributed by atoms with Gasteiger partial charge in [0.05, 0.1) is 12.2 Å². The summed E-state index contributed by atoms with van der Waals surface area (Å²) in [7, 11) is 0. The van der Waals surface area contributed by atoms with Crippen LogP contribution >= 0.6 is 23.2 Å². The van der Waals surface area contributed by atoms with E-state index in [2.05, 4.69) is 10.4 Å². The van der Waals surface area contributed by atoms with Crippen molar-refractivity contribution < 1.29 is 0 Å². The average Bonchev–Trinajstić information content (AvgIpc) is 2.84. The smallest absolute Gasteiger partial charge is 0.244 e. The molecule has 0 saturated carbocycles. The molecule has 0 aliphatic rings. The van der Waals surface area contributed by atoms with Crippen molar-refractivity contribution in [1.29, 1.82) is 0 Å². The molecule has 0 unspecified atom stereocenters. The Hall–Kier alpha value is -2.11. The maximum absolute atomic E-state index is 12.3. The summed E-state index contributed by atoms with van der Waals surface area (Å²) in [4.78, 5) is 12.3. The Balaban J connectivity index is 1.95. The number of hydrogen-bond acceptors (Lipinski definition) is 3. The summed E-state index contributed by atoms with van der Waals surface area (Å²) < 4.78 is 2.49. The number of para-hydroxylation sites is 1. The van der Waals surface area contributed by atoms with E-state index in [1.807, 2.05) is 18.2 Å². The van der Waals surface area contributed by atoms with Crippen molar-refractivity contribution >= 4 is 23.2 Å². The van der Waals surface area contributed by atoms with Gasteiger partial charge in [0, 0.05) is 10.0 Å². The Morgan fingerprint density at radius 1 is 1.00 bits per heavy atom. The normalized spacial score (nSPS) is 10.8. The molecule has 0 aliphatic carbocycles. The molecule has 1 heterocycles. The van der Waals surface area contributed by atoms with Crippen LogP contribution in [0.25, 0.3) is 5.69 Å². The van der Waals surface area contributed by atoms with Crippen LogP contribution in [0.5, 0.6) is 0 Å². The van der Waals surface area contributed by atoms with Gasteiger partial charge in [-0.05, 0) is 40.3 Å². The van der Waals surface area contributed by atoms with Crippen LogP contribution in [-0.2, 0) is 6.54 Å². The number of aromatic nitrogens is 4. The van der Waals surface area contributed by atoms with Gasteiger partial charge in [-0.25, -0.2) is 4.79 Å². The first-order chi connectivity index (χ1) is 10.1. The highest BCUT2D eigenvalue weighted by atomic mass is 35.5. The second-order valence-corrected chi connectivity index (χ2v) is 5.25. The van der Waals surface area contributed by atoms with Crippen molar-refractivity contribution in [3.63, 3.8) is 0 Å². The molecule has 0 bridgehead atoms. The average molecular weight is 321 g/mol. The number of benzene rings is 2. The van der Waals surface area contributed by atoms with Gasteiger partial charge in [-0.2, -0.15) is 9.36 Å². The zero-order valence-corrected chi connectivity index (χ0v) is 12.3. The van der Waals surface area contributed by atoms with E-state index >= 15 is 0 Å². The van der Waals surface area contributed by atoms with Crippen LogP contribution in [0.2, 0.25) is 10.0 Å². The fourth-order valence-electron chi connectivity index (χ4n) is 1.92. The topological polar surface area (TPSA) is 52.7 Å². The summed E-state index contributed by atoms with van der Waals surface area (Å²) >= 11 is 12.0. The predicted octanol–water partition coefficient (Wildman–Crippen LogP) is 2.78. The van der Waals surface area contributed by atoms with Gasteiger partial charge < -0.3 is 0 Å². The van der Waals surface area contributed by atoms with Crippen molar-refractivity contribution in [2.24, 2.45) is 0 Å². The highest BCUT2D eigenvalue weighted by molar-refractivity contribution is 6.35. The quantitative estimate of drug-likeness (QED) is 0.745. The lowest BCUT2D eigenvalue weighted by molar-refractivity contribution is 0.632. The third-order valence-corrected chi connectivity index (χ3v) is 3.56. The van der Waals surface area contributed by atoms with E-state index in [1.165, 1.54) is 9.36 Å². The van der Waals surface area contributed by atoms with Crippen molar-refractivity contribution in [1.82, 2.24) is 19.8 Å². The highest BCUT2D eigenvalue weighted by Crippen LogP contribution is 2.21. The van der Waals surface area contributed by atoms with Gasteiger partial charge in [0.15, 0.2) is 0 Å². The molecule has 0 spiro atoms. The van der Waals surface area contributed by atoms with Crippen molar-refractivity contribution in [3.8, 4) is 5.69 Å². The summed E-state index contributed by atoms with van der Waals surface area (Å²) in [6.07, 6.45) is 0. The third-order valence-electron chi connectivity index (χ3n) is 2.98. The fraction of sp³-hybridized carbons (Fsp3) is 0.0714. The monoisotopic (exact) mass is 320 g/mol. The molecule has 0 N–H and O–H groups in total. The van der Waals surface area contributed by atoms with Crippen LogP contribution < -0.4 is 5.69 Å². The fourth-order valence-corrected chi connectivity index (χ4v) is 2.38. The standard InChI is InChI=1S/C14H10Cl2N4O/c15-11-7-6-10(13(16)8-11)9-19-14(21)20(18-17-19)12-4-2-1-3-5-12/h1-8H,9H2. The molecule has 0 fully saturated rings. The zero-order valence-electron chi connectivity index (χ0n) is 10.8. The van der Waals surface area contributed by atoms with Crippen LogP contribution in [0, 0.1) is 0 Å². The first kappa shape index (κ1) is 13.9. The second-order valence-electron chi connectivity index (χ2n) is 4.40. The lowest BCUT2D eigenvalue weighted by Gasteiger charge is -2.03. The Morgan fingerprint density at radius 2 is 1.76 bits per heavy atom. The number of hydrogen-bond donors (Lipinski definition) is 0. The molecule has 5 nitrogen and oxygen atoms in total. The van der Waals surface area contributed by atoms with E-state index < -0.39 is 0 Å². The van der Waals surface area contributed by atoms with Gasteiger partial charge >= 0.3 is 5.69 Å². The van der Waals surface area contributed by atoms with E-state index in [4.69, 9.17) is 23.2 Å². The molecule has 0 amide bonds. The van der Waals surface area contributed by atoms with E-state index in [1.54, 1.807) is 30.3 Å². The van der Waals surface area contributed by atoms with Crippen LogP contribution in [0.3, 0.4) is 0 Å². The predicted molar refractivity (Wildman–Crippen MR) is 81.2 cm³/mol. The van der Waals surface area contributed by atoms with Gasteiger partial charge in [-0.15, -0.1) is 0 Å². The third kappa shape index (κ3) is 2.84. The van der Waals surface area contributed by atoms with Gasteiger partial charge in [0.25, 0.3) is 0 Å². The molecule has 0 atom stereocenters. The zero-order chi connectivity index (χ0) is 14.8. The SMILES string of the molecule is O=c1n(Cc2ccc(Cl)cc2Cl)nnn1-c1ccccc1. The van der Waals surface area contributed by atoms with Gasteiger partial charge in [0.2, 0.25) is 0 Å². The van der Waals surface area contributed by atoms with Crippen molar-refractivity contribution in [3.05, 3.63) is 74.6 Å². The first-order valence-electron chi connectivity index (χ1n) is 6.17. The molecular formula is C14H10Cl2N4O. The highest BCUT2D eigenvalue weighted by Gasteiger charge is 2.10. The largest absolute Gasteiger partial charge is 0.368 e. The maximum atomic E-state index is 12.3. The number of rotatable bonds is 3. The molecule has 3 rings (SSSR count). The van der Waals surface area contributed by atoms with Crippen LogP contribution in [0.4, 0.5) is 0 Å². The van der Waals surface area contributed by atoms with Gasteiger partial charge in [-0.1, -0.05) is 47.5 Å². The molecule has 7 heteroatoms. The van der Waals surface area contributed by atoms with Crippen molar-refractivity contribution in [2.45, 2.75) is 6.54 Å². The molecule has 0 radical (unpaired) electrons. The number of nitrogens with zero attached hydrogens (tertiary/aromatic N) is 4. The molecule has 3 aromatic rings. The molecule has 0 aliphatic heterocycles. The summed E-state index contributed by atoms with van der Waals surface area (Å²) in [6, 6.07) is 14.2. The Morgan fingerprint density at radius 3 is 2.48 bits per heavy atom. The Labute approximate surface area is 130 Å². The van der Waals surface area contributed by atoms with E-state index in [0.717, 1.165) is 5.56 Å². The van der Waals surface area contributed by atoms with E-state index in [0.29, 0.717) is 15.7 Å². The summed E-state index contributed by atoms with van der Waals surface area (Å²) in [6.45, 7) is 0.238.